The van der Waals surface area contributed by atoms with E-state index in [0.29, 0.717) is 22.2 Å². The van der Waals surface area contributed by atoms with Gasteiger partial charge in [-0.25, -0.2) is 9.97 Å². The standard InChI is InChI=1S/C14H23N3S2/c1-4-11-13(19-6-5-18-11)14-16-10(7-9(2)3)8-12(15)17-14/h8-9,11,13H,4-7H2,1-3H3,(H2,15,16,17). The van der Waals surface area contributed by atoms with Crippen LogP contribution in [0.5, 0.6) is 0 Å². The van der Waals surface area contributed by atoms with Gasteiger partial charge in [0.25, 0.3) is 0 Å². The summed E-state index contributed by atoms with van der Waals surface area (Å²) < 4.78 is 0. The summed E-state index contributed by atoms with van der Waals surface area (Å²) in [6, 6.07) is 1.92. The molecule has 1 aliphatic rings. The van der Waals surface area contributed by atoms with Crippen LogP contribution in [-0.2, 0) is 6.42 Å². The molecule has 19 heavy (non-hydrogen) atoms. The number of aromatic nitrogens is 2. The Balaban J connectivity index is 2.24. The van der Waals surface area contributed by atoms with Crippen molar-refractivity contribution >= 4 is 29.3 Å². The summed E-state index contributed by atoms with van der Waals surface area (Å²) in [5, 5.41) is 1.02. The van der Waals surface area contributed by atoms with Crippen molar-refractivity contribution in [1.29, 1.82) is 0 Å². The third-order valence-electron chi connectivity index (χ3n) is 3.14. The Morgan fingerprint density at radius 2 is 2.05 bits per heavy atom. The van der Waals surface area contributed by atoms with Crippen LogP contribution < -0.4 is 5.73 Å². The van der Waals surface area contributed by atoms with E-state index in [-0.39, 0.29) is 0 Å². The van der Waals surface area contributed by atoms with E-state index in [9.17, 15) is 0 Å². The fourth-order valence-electron chi connectivity index (χ4n) is 2.33. The average molecular weight is 297 g/mol. The molecular formula is C14H23N3S2. The minimum Gasteiger partial charge on any atom is -0.384 e. The SMILES string of the molecule is CCC1SCCSC1c1nc(N)cc(CC(C)C)n1. The number of hydrogen-bond acceptors (Lipinski definition) is 5. The first-order valence-corrected chi connectivity index (χ1v) is 9.06. The first kappa shape index (κ1) is 15.0. The summed E-state index contributed by atoms with van der Waals surface area (Å²) in [7, 11) is 0. The highest BCUT2D eigenvalue weighted by atomic mass is 32.2. The predicted molar refractivity (Wildman–Crippen MR) is 86.7 cm³/mol. The molecule has 0 aliphatic carbocycles. The Kier molecular flexibility index (Phi) is 5.39. The second-order valence-corrected chi connectivity index (χ2v) is 7.95. The van der Waals surface area contributed by atoms with E-state index < -0.39 is 0 Å². The Bertz CT molecular complexity index is 423. The molecule has 0 aromatic carbocycles. The maximum atomic E-state index is 5.96. The van der Waals surface area contributed by atoms with Crippen molar-refractivity contribution in [2.24, 2.45) is 5.92 Å². The number of hydrogen-bond donors (Lipinski definition) is 1. The largest absolute Gasteiger partial charge is 0.384 e. The third-order valence-corrected chi connectivity index (χ3v) is 6.38. The van der Waals surface area contributed by atoms with Gasteiger partial charge >= 0.3 is 0 Å². The molecular weight excluding hydrogens is 274 g/mol. The van der Waals surface area contributed by atoms with Gasteiger partial charge in [0, 0.05) is 28.5 Å². The number of rotatable bonds is 4. The van der Waals surface area contributed by atoms with E-state index in [1.807, 2.05) is 17.8 Å². The van der Waals surface area contributed by atoms with Crippen molar-refractivity contribution in [1.82, 2.24) is 9.97 Å². The van der Waals surface area contributed by atoms with Crippen LogP contribution >= 0.6 is 23.5 Å². The topological polar surface area (TPSA) is 51.8 Å². The quantitative estimate of drug-likeness (QED) is 0.921. The van der Waals surface area contributed by atoms with E-state index in [0.717, 1.165) is 17.9 Å². The zero-order chi connectivity index (χ0) is 13.8. The molecule has 106 valence electrons. The fraction of sp³-hybridized carbons (Fsp3) is 0.714. The molecule has 0 radical (unpaired) electrons. The second kappa shape index (κ2) is 6.84. The third kappa shape index (κ3) is 4.02. The lowest BCUT2D eigenvalue weighted by atomic mass is 10.1. The highest BCUT2D eigenvalue weighted by Crippen LogP contribution is 2.42. The van der Waals surface area contributed by atoms with Gasteiger partial charge < -0.3 is 5.73 Å². The molecule has 2 rings (SSSR count). The van der Waals surface area contributed by atoms with Gasteiger partial charge in [-0.1, -0.05) is 20.8 Å². The molecule has 2 unspecified atom stereocenters. The normalized spacial score (nSPS) is 23.8. The van der Waals surface area contributed by atoms with Crippen LogP contribution in [-0.4, -0.2) is 26.7 Å². The number of nitrogens with zero attached hydrogens (tertiary/aromatic N) is 2. The van der Waals surface area contributed by atoms with Crippen LogP contribution in [0.3, 0.4) is 0 Å². The molecule has 2 heterocycles. The molecule has 0 spiro atoms. The van der Waals surface area contributed by atoms with E-state index in [2.05, 4.69) is 37.5 Å². The van der Waals surface area contributed by atoms with Crippen LogP contribution in [0.15, 0.2) is 6.07 Å². The van der Waals surface area contributed by atoms with Gasteiger partial charge in [-0.15, -0.1) is 11.8 Å². The van der Waals surface area contributed by atoms with Crippen LogP contribution in [0.1, 0.15) is 44.0 Å². The number of nitrogen functional groups attached to an aromatic ring is 1. The van der Waals surface area contributed by atoms with Crippen molar-refractivity contribution in [3.8, 4) is 0 Å². The maximum Gasteiger partial charge on any atom is 0.145 e. The zero-order valence-electron chi connectivity index (χ0n) is 11.9. The minimum absolute atomic E-state index is 0.401. The number of nitrogens with two attached hydrogens (primary N) is 1. The Labute approximate surface area is 124 Å². The van der Waals surface area contributed by atoms with Crippen molar-refractivity contribution in [2.75, 3.05) is 17.2 Å². The molecule has 1 aromatic rings. The number of anilines is 1. The first-order chi connectivity index (χ1) is 9.10. The van der Waals surface area contributed by atoms with Crippen LogP contribution in [0.4, 0.5) is 5.82 Å². The van der Waals surface area contributed by atoms with Gasteiger partial charge in [0.05, 0.1) is 5.25 Å². The molecule has 5 heteroatoms. The average Bonchev–Trinajstić information content (AvgIpc) is 2.37. The van der Waals surface area contributed by atoms with Gasteiger partial charge in [0.2, 0.25) is 0 Å². The zero-order valence-corrected chi connectivity index (χ0v) is 13.6. The lowest BCUT2D eigenvalue weighted by Crippen LogP contribution is -2.21. The van der Waals surface area contributed by atoms with Gasteiger partial charge in [-0.05, 0) is 18.8 Å². The first-order valence-electron chi connectivity index (χ1n) is 6.96. The van der Waals surface area contributed by atoms with Crippen molar-refractivity contribution in [2.45, 2.75) is 44.1 Å². The molecule has 0 amide bonds. The molecule has 0 saturated carbocycles. The van der Waals surface area contributed by atoms with Crippen LogP contribution in [0.25, 0.3) is 0 Å². The highest BCUT2D eigenvalue weighted by molar-refractivity contribution is 8.06. The summed E-state index contributed by atoms with van der Waals surface area (Å²) >= 11 is 4.03. The maximum absolute atomic E-state index is 5.96. The molecule has 2 atom stereocenters. The molecule has 0 bridgehead atoms. The Hall–Kier alpha value is -0.420. The molecule has 1 aliphatic heterocycles. The van der Waals surface area contributed by atoms with Crippen LogP contribution in [0, 0.1) is 5.92 Å². The van der Waals surface area contributed by atoms with E-state index in [1.165, 1.54) is 17.9 Å². The van der Waals surface area contributed by atoms with Crippen molar-refractivity contribution < 1.29 is 0 Å². The Morgan fingerprint density at radius 1 is 1.32 bits per heavy atom. The molecule has 2 N–H and O–H groups in total. The molecule has 1 aromatic heterocycles. The van der Waals surface area contributed by atoms with Gasteiger partial charge in [0.15, 0.2) is 0 Å². The molecule has 1 saturated heterocycles. The van der Waals surface area contributed by atoms with E-state index in [4.69, 9.17) is 10.7 Å². The van der Waals surface area contributed by atoms with Crippen molar-refractivity contribution in [3.05, 3.63) is 17.6 Å². The lowest BCUT2D eigenvalue weighted by Gasteiger charge is -2.29. The smallest absolute Gasteiger partial charge is 0.145 e. The summed E-state index contributed by atoms with van der Waals surface area (Å²) in [4.78, 5) is 9.27. The van der Waals surface area contributed by atoms with Crippen LogP contribution in [0.2, 0.25) is 0 Å². The van der Waals surface area contributed by atoms with Gasteiger partial charge in [-0.3, -0.25) is 0 Å². The second-order valence-electron chi connectivity index (χ2n) is 5.35. The number of thioether (sulfide) groups is 2. The van der Waals surface area contributed by atoms with Gasteiger partial charge in [0.1, 0.15) is 11.6 Å². The van der Waals surface area contributed by atoms with Gasteiger partial charge in [-0.2, -0.15) is 11.8 Å². The Morgan fingerprint density at radius 3 is 2.74 bits per heavy atom. The summed E-state index contributed by atoms with van der Waals surface area (Å²) in [6.07, 6.45) is 2.14. The summed E-state index contributed by atoms with van der Waals surface area (Å²) in [5.41, 5.74) is 7.05. The summed E-state index contributed by atoms with van der Waals surface area (Å²) in [6.45, 7) is 6.66. The monoisotopic (exact) mass is 297 g/mol. The lowest BCUT2D eigenvalue weighted by molar-refractivity contribution is 0.627. The molecule has 1 fully saturated rings. The minimum atomic E-state index is 0.401. The van der Waals surface area contributed by atoms with E-state index in [1.54, 1.807) is 0 Å². The molecule has 3 nitrogen and oxygen atoms in total. The predicted octanol–water partition coefficient (Wildman–Crippen LogP) is 3.56. The fourth-order valence-corrected chi connectivity index (χ4v) is 5.32. The summed E-state index contributed by atoms with van der Waals surface area (Å²) in [5.74, 6) is 4.58. The highest BCUT2D eigenvalue weighted by Gasteiger charge is 2.29. The van der Waals surface area contributed by atoms with E-state index >= 15 is 0 Å². The van der Waals surface area contributed by atoms with Crippen molar-refractivity contribution in [3.63, 3.8) is 0 Å².